The van der Waals surface area contributed by atoms with Crippen molar-refractivity contribution in [3.8, 4) is 23.0 Å². The van der Waals surface area contributed by atoms with Gasteiger partial charge in [0.25, 0.3) is 0 Å². The molecule has 1 amide bonds. The second-order valence-corrected chi connectivity index (χ2v) is 13.8. The minimum atomic E-state index is -0.744. The van der Waals surface area contributed by atoms with E-state index in [1.807, 2.05) is 38.8 Å². The number of carbonyl (C=O) groups excluding carboxylic acids is 3. The second-order valence-electron chi connectivity index (χ2n) is 13.8. The molecule has 3 aromatic rings. The van der Waals surface area contributed by atoms with Crippen molar-refractivity contribution < 1.29 is 28.6 Å². The van der Waals surface area contributed by atoms with E-state index in [0.29, 0.717) is 23.5 Å². The van der Waals surface area contributed by atoms with Crippen molar-refractivity contribution >= 4 is 18.0 Å². The van der Waals surface area contributed by atoms with E-state index in [4.69, 9.17) is 14.2 Å². The zero-order valence-corrected chi connectivity index (χ0v) is 28.3. The van der Waals surface area contributed by atoms with Gasteiger partial charge >= 0.3 is 18.0 Å². The molecule has 0 bridgehead atoms. The van der Waals surface area contributed by atoms with Gasteiger partial charge in [-0.3, -0.25) is 29.4 Å². The lowest BCUT2D eigenvalue weighted by Gasteiger charge is -2.28. The fourth-order valence-corrected chi connectivity index (χ4v) is 3.96. The van der Waals surface area contributed by atoms with Gasteiger partial charge in [0.2, 0.25) is 11.6 Å². The Kier molecular flexibility index (Phi) is 11.4. The van der Waals surface area contributed by atoms with Crippen LogP contribution in [-0.2, 0) is 36.9 Å². The molecule has 0 saturated carbocycles. The lowest BCUT2D eigenvalue weighted by molar-refractivity contribution is -0.157. The van der Waals surface area contributed by atoms with Crippen LogP contribution in [0.15, 0.2) is 36.7 Å². The van der Waals surface area contributed by atoms with Crippen LogP contribution in [0, 0.1) is 0 Å². The highest BCUT2D eigenvalue weighted by Gasteiger charge is 2.27. The first-order chi connectivity index (χ1) is 21.3. The van der Waals surface area contributed by atoms with E-state index in [2.05, 4.69) is 30.4 Å². The molecule has 0 radical (unpaired) electrons. The molecule has 3 aromatic heterocycles. The Hall–Kier alpha value is -4.59. The lowest BCUT2D eigenvalue weighted by atomic mass is 10.2. The van der Waals surface area contributed by atoms with Gasteiger partial charge in [-0.25, -0.2) is 4.79 Å². The SMILES string of the molecule is CN(CC(=O)OC(C)(C)C)Cc1ccc(-c2nnc(-c3ccc(CN(CC(=O)OC(C)(C)C)C(=O)OC(C)(C)C)cn3)nn2)nc1. The summed E-state index contributed by atoms with van der Waals surface area (Å²) < 4.78 is 16.3. The van der Waals surface area contributed by atoms with Gasteiger partial charge < -0.3 is 14.2 Å². The average Bonchev–Trinajstić information content (AvgIpc) is 2.90. The smallest absolute Gasteiger partial charge is 0.411 e. The number of amides is 1. The molecule has 0 spiro atoms. The van der Waals surface area contributed by atoms with Crippen LogP contribution in [0.3, 0.4) is 0 Å². The molecule has 14 heteroatoms. The summed E-state index contributed by atoms with van der Waals surface area (Å²) in [6.07, 6.45) is 2.59. The molecule has 0 aliphatic heterocycles. The molecular weight excluding hydrogens is 592 g/mol. The summed E-state index contributed by atoms with van der Waals surface area (Å²) in [6, 6.07) is 7.05. The largest absolute Gasteiger partial charge is 0.459 e. The van der Waals surface area contributed by atoms with Crippen molar-refractivity contribution in [3.63, 3.8) is 0 Å². The molecule has 0 aromatic carbocycles. The van der Waals surface area contributed by atoms with Crippen molar-refractivity contribution in [1.82, 2.24) is 40.2 Å². The first-order valence-corrected chi connectivity index (χ1v) is 14.8. The Morgan fingerprint density at radius 2 is 1.02 bits per heavy atom. The summed E-state index contributed by atoms with van der Waals surface area (Å²) >= 11 is 0. The molecule has 0 fully saturated rings. The standard InChI is InChI=1S/C32H44N8O6/c1-30(2,3)44-25(41)19-39(10)17-21-11-13-23(33-15-21)27-35-37-28(38-36-27)24-14-12-22(16-34-24)18-40(29(43)46-32(7,8)9)20-26(42)45-31(4,5)6/h11-16H,17-20H2,1-10H3. The zero-order valence-electron chi connectivity index (χ0n) is 28.3. The van der Waals surface area contributed by atoms with Crippen molar-refractivity contribution in [3.05, 3.63) is 47.8 Å². The van der Waals surface area contributed by atoms with E-state index in [-0.39, 0.29) is 37.3 Å². The number of hydrogen-bond acceptors (Lipinski definition) is 13. The van der Waals surface area contributed by atoms with Crippen LogP contribution < -0.4 is 0 Å². The Bertz CT molecular complexity index is 1480. The van der Waals surface area contributed by atoms with Gasteiger partial charge in [0.15, 0.2) is 0 Å². The second kappa shape index (κ2) is 14.7. The number of aromatic nitrogens is 6. The van der Waals surface area contributed by atoms with E-state index in [1.54, 1.807) is 72.1 Å². The fraction of sp³-hybridized carbons (Fsp3) is 0.531. The van der Waals surface area contributed by atoms with E-state index in [1.165, 1.54) is 4.90 Å². The van der Waals surface area contributed by atoms with Crippen LogP contribution in [0.2, 0.25) is 0 Å². The molecule has 0 N–H and O–H groups in total. The third-order valence-corrected chi connectivity index (χ3v) is 5.62. The lowest BCUT2D eigenvalue weighted by Crippen LogP contribution is -2.41. The van der Waals surface area contributed by atoms with Crippen LogP contribution >= 0.6 is 0 Å². The number of ether oxygens (including phenoxy) is 3. The molecule has 0 aliphatic carbocycles. The maximum Gasteiger partial charge on any atom is 0.411 e. The first kappa shape index (κ1) is 35.9. The summed E-state index contributed by atoms with van der Waals surface area (Å²) in [5.41, 5.74) is 0.478. The minimum Gasteiger partial charge on any atom is -0.459 e. The number of hydrogen-bond donors (Lipinski definition) is 0. The Morgan fingerprint density at radius 1 is 0.609 bits per heavy atom. The molecular formula is C32H44N8O6. The molecule has 0 aliphatic rings. The Balaban J connectivity index is 1.64. The van der Waals surface area contributed by atoms with Gasteiger partial charge in [0.1, 0.15) is 34.7 Å². The average molecular weight is 637 g/mol. The van der Waals surface area contributed by atoms with Gasteiger partial charge in [-0.2, -0.15) is 0 Å². The molecule has 0 atom stereocenters. The van der Waals surface area contributed by atoms with Gasteiger partial charge in [-0.05, 0) is 92.6 Å². The van der Waals surface area contributed by atoms with Crippen LogP contribution in [0.1, 0.15) is 73.4 Å². The quantitative estimate of drug-likeness (QED) is 0.230. The number of nitrogens with zero attached hydrogens (tertiary/aromatic N) is 8. The third-order valence-electron chi connectivity index (χ3n) is 5.62. The summed E-state index contributed by atoms with van der Waals surface area (Å²) in [5.74, 6) is -0.406. The number of rotatable bonds is 10. The highest BCUT2D eigenvalue weighted by molar-refractivity contribution is 5.78. The normalized spacial score (nSPS) is 12.1. The van der Waals surface area contributed by atoms with E-state index < -0.39 is 28.9 Å². The maximum absolute atomic E-state index is 12.9. The Morgan fingerprint density at radius 3 is 1.41 bits per heavy atom. The third kappa shape index (κ3) is 12.4. The predicted molar refractivity (Wildman–Crippen MR) is 169 cm³/mol. The highest BCUT2D eigenvalue weighted by atomic mass is 16.6. The van der Waals surface area contributed by atoms with Gasteiger partial charge in [-0.15, -0.1) is 20.4 Å². The van der Waals surface area contributed by atoms with Gasteiger partial charge in [0.05, 0.1) is 13.1 Å². The number of likely N-dealkylation sites (N-methyl/N-ethyl adjacent to an activating group) is 1. The number of carbonyl (C=O) groups is 3. The topological polar surface area (TPSA) is 163 Å². The van der Waals surface area contributed by atoms with Crippen molar-refractivity contribution in [2.24, 2.45) is 0 Å². The summed E-state index contributed by atoms with van der Waals surface area (Å²) in [5, 5.41) is 16.6. The van der Waals surface area contributed by atoms with Crippen molar-refractivity contribution in [2.45, 2.75) is 92.2 Å². The highest BCUT2D eigenvalue weighted by Crippen LogP contribution is 2.18. The molecule has 14 nitrogen and oxygen atoms in total. The zero-order chi connectivity index (χ0) is 34.3. The molecule has 3 heterocycles. The summed E-state index contributed by atoms with van der Waals surface area (Å²) in [4.78, 5) is 49.4. The van der Waals surface area contributed by atoms with Crippen LogP contribution in [-0.4, -0.2) is 95.1 Å². The van der Waals surface area contributed by atoms with Crippen LogP contribution in [0.25, 0.3) is 23.0 Å². The van der Waals surface area contributed by atoms with Crippen molar-refractivity contribution in [2.75, 3.05) is 20.1 Å². The molecule has 3 rings (SSSR count). The number of pyridine rings is 2. The molecule has 46 heavy (non-hydrogen) atoms. The van der Waals surface area contributed by atoms with E-state index >= 15 is 0 Å². The van der Waals surface area contributed by atoms with Crippen LogP contribution in [0.5, 0.6) is 0 Å². The molecule has 248 valence electrons. The van der Waals surface area contributed by atoms with E-state index in [9.17, 15) is 14.4 Å². The van der Waals surface area contributed by atoms with Gasteiger partial charge in [-0.1, -0.05) is 12.1 Å². The summed E-state index contributed by atoms with van der Waals surface area (Å²) in [7, 11) is 1.83. The first-order valence-electron chi connectivity index (χ1n) is 14.8. The van der Waals surface area contributed by atoms with Crippen LogP contribution in [0.4, 0.5) is 4.79 Å². The number of esters is 2. The molecule has 0 saturated heterocycles. The van der Waals surface area contributed by atoms with Crippen molar-refractivity contribution in [1.29, 1.82) is 0 Å². The Labute approximate surface area is 269 Å². The van der Waals surface area contributed by atoms with Gasteiger partial charge in [0, 0.05) is 18.9 Å². The maximum atomic E-state index is 12.9. The summed E-state index contributed by atoms with van der Waals surface area (Å²) in [6.45, 7) is 16.5. The monoisotopic (exact) mass is 636 g/mol. The fourth-order valence-electron chi connectivity index (χ4n) is 3.96. The van der Waals surface area contributed by atoms with E-state index in [0.717, 1.165) is 5.56 Å². The minimum absolute atomic E-state index is 0.0657. The predicted octanol–water partition coefficient (Wildman–Crippen LogP) is 4.24. The molecule has 0 unspecified atom stereocenters.